The van der Waals surface area contributed by atoms with Gasteiger partial charge >= 0.3 is 0 Å². The van der Waals surface area contributed by atoms with Crippen molar-refractivity contribution < 1.29 is 8.42 Å². The Balaban J connectivity index is 2.07. The first kappa shape index (κ1) is 16.5. The standard InChI is InChI=1S/C14H26N4O2S/c1-3-14(2)5-9-18(10-6-14)21(19,20)13-11-16-17(12-13)8-4-7-15/h11-12H,3-10,15H2,1-2H3. The molecule has 0 radical (unpaired) electrons. The lowest BCUT2D eigenvalue weighted by atomic mass is 9.79. The Labute approximate surface area is 127 Å². The van der Waals surface area contributed by atoms with Crippen LogP contribution in [0.15, 0.2) is 17.3 Å². The van der Waals surface area contributed by atoms with Crippen LogP contribution in [0.25, 0.3) is 0 Å². The fourth-order valence-corrected chi connectivity index (χ4v) is 4.02. The summed E-state index contributed by atoms with van der Waals surface area (Å²) in [6.45, 7) is 6.83. The van der Waals surface area contributed by atoms with Crippen LogP contribution >= 0.6 is 0 Å². The average Bonchev–Trinajstić information content (AvgIpc) is 2.95. The molecule has 0 atom stereocenters. The highest BCUT2D eigenvalue weighted by atomic mass is 32.2. The highest BCUT2D eigenvalue weighted by Gasteiger charge is 2.34. The SMILES string of the molecule is CCC1(C)CCN(S(=O)(=O)c2cnn(CCCN)c2)CC1. The summed E-state index contributed by atoms with van der Waals surface area (Å²) in [7, 11) is -3.41. The smallest absolute Gasteiger partial charge is 0.246 e. The predicted octanol–water partition coefficient (Wildman–Crippen LogP) is 1.43. The van der Waals surface area contributed by atoms with Crippen LogP contribution in [0.1, 0.15) is 39.5 Å². The maximum absolute atomic E-state index is 12.6. The van der Waals surface area contributed by atoms with Gasteiger partial charge in [0, 0.05) is 25.8 Å². The van der Waals surface area contributed by atoms with Gasteiger partial charge < -0.3 is 5.73 Å². The molecule has 7 heteroatoms. The summed E-state index contributed by atoms with van der Waals surface area (Å²) in [5.74, 6) is 0. The molecule has 21 heavy (non-hydrogen) atoms. The Morgan fingerprint density at radius 1 is 1.38 bits per heavy atom. The maximum atomic E-state index is 12.6. The van der Waals surface area contributed by atoms with Crippen molar-refractivity contribution in [2.75, 3.05) is 19.6 Å². The van der Waals surface area contributed by atoms with E-state index in [1.54, 1.807) is 15.2 Å². The minimum absolute atomic E-state index is 0.275. The van der Waals surface area contributed by atoms with E-state index in [4.69, 9.17) is 5.73 Å². The van der Waals surface area contributed by atoms with Gasteiger partial charge in [-0.25, -0.2) is 8.42 Å². The molecule has 120 valence electrons. The van der Waals surface area contributed by atoms with Gasteiger partial charge in [-0.15, -0.1) is 0 Å². The van der Waals surface area contributed by atoms with Gasteiger partial charge in [0.25, 0.3) is 0 Å². The van der Waals surface area contributed by atoms with Crippen LogP contribution in [0.3, 0.4) is 0 Å². The van der Waals surface area contributed by atoms with E-state index in [-0.39, 0.29) is 5.41 Å². The zero-order valence-electron chi connectivity index (χ0n) is 13.0. The lowest BCUT2D eigenvalue weighted by Crippen LogP contribution is -2.41. The fourth-order valence-electron chi connectivity index (χ4n) is 2.62. The van der Waals surface area contributed by atoms with Crippen LogP contribution in [-0.4, -0.2) is 42.1 Å². The molecular formula is C14H26N4O2S. The second-order valence-corrected chi connectivity index (χ2v) is 8.09. The number of aryl methyl sites for hydroxylation is 1. The lowest BCUT2D eigenvalue weighted by molar-refractivity contribution is 0.169. The molecule has 2 N–H and O–H groups in total. The minimum Gasteiger partial charge on any atom is -0.330 e. The van der Waals surface area contributed by atoms with Gasteiger partial charge in [-0.1, -0.05) is 20.3 Å². The summed E-state index contributed by atoms with van der Waals surface area (Å²) < 4.78 is 28.5. The second-order valence-electron chi connectivity index (χ2n) is 6.15. The van der Waals surface area contributed by atoms with E-state index >= 15 is 0 Å². The van der Waals surface area contributed by atoms with Crippen molar-refractivity contribution in [1.82, 2.24) is 14.1 Å². The molecule has 1 saturated heterocycles. The molecule has 0 bridgehead atoms. The number of nitrogens with two attached hydrogens (primary N) is 1. The number of aromatic nitrogens is 2. The number of hydrogen-bond acceptors (Lipinski definition) is 4. The molecular weight excluding hydrogens is 288 g/mol. The molecule has 0 saturated carbocycles. The third-order valence-corrected chi connectivity index (χ3v) is 6.47. The van der Waals surface area contributed by atoms with E-state index in [9.17, 15) is 8.42 Å². The molecule has 1 aromatic heterocycles. The number of nitrogens with zero attached hydrogens (tertiary/aromatic N) is 3. The molecule has 0 amide bonds. The highest BCUT2D eigenvalue weighted by molar-refractivity contribution is 7.89. The summed E-state index contributed by atoms with van der Waals surface area (Å²) in [5.41, 5.74) is 5.73. The predicted molar refractivity (Wildman–Crippen MR) is 82.3 cm³/mol. The van der Waals surface area contributed by atoms with Crippen LogP contribution in [0.5, 0.6) is 0 Å². The molecule has 1 aliphatic heterocycles. The van der Waals surface area contributed by atoms with Crippen molar-refractivity contribution in [2.24, 2.45) is 11.1 Å². The summed E-state index contributed by atoms with van der Waals surface area (Å²) in [5, 5.41) is 4.11. The molecule has 2 heterocycles. The summed E-state index contributed by atoms with van der Waals surface area (Å²) in [4.78, 5) is 0.291. The third-order valence-electron chi connectivity index (χ3n) is 4.62. The highest BCUT2D eigenvalue weighted by Crippen LogP contribution is 2.35. The van der Waals surface area contributed by atoms with Crippen LogP contribution in [0, 0.1) is 5.41 Å². The van der Waals surface area contributed by atoms with E-state index in [0.717, 1.165) is 25.7 Å². The zero-order chi connectivity index (χ0) is 15.5. The van der Waals surface area contributed by atoms with E-state index in [2.05, 4.69) is 18.9 Å². The zero-order valence-corrected chi connectivity index (χ0v) is 13.8. The van der Waals surface area contributed by atoms with Crippen molar-refractivity contribution in [3.63, 3.8) is 0 Å². The maximum Gasteiger partial charge on any atom is 0.246 e. The van der Waals surface area contributed by atoms with Gasteiger partial charge in [-0.05, 0) is 31.2 Å². The molecule has 6 nitrogen and oxygen atoms in total. The third kappa shape index (κ3) is 3.64. The van der Waals surface area contributed by atoms with Gasteiger partial charge in [-0.3, -0.25) is 4.68 Å². The number of sulfonamides is 1. The number of hydrogen-bond donors (Lipinski definition) is 1. The first-order valence-electron chi connectivity index (χ1n) is 7.64. The molecule has 0 spiro atoms. The molecule has 0 aliphatic carbocycles. The van der Waals surface area contributed by atoms with Crippen molar-refractivity contribution in [1.29, 1.82) is 0 Å². The van der Waals surface area contributed by atoms with E-state index in [1.807, 2.05) is 0 Å². The van der Waals surface area contributed by atoms with Gasteiger partial charge in [0.1, 0.15) is 4.90 Å². The Morgan fingerprint density at radius 2 is 2.05 bits per heavy atom. The normalized spacial score (nSPS) is 19.8. The fraction of sp³-hybridized carbons (Fsp3) is 0.786. The van der Waals surface area contributed by atoms with Gasteiger partial charge in [0.15, 0.2) is 0 Å². The summed E-state index contributed by atoms with van der Waals surface area (Å²) in [6.07, 6.45) is 6.78. The molecule has 1 fully saturated rings. The average molecular weight is 314 g/mol. The quantitative estimate of drug-likeness (QED) is 0.861. The Morgan fingerprint density at radius 3 is 2.62 bits per heavy atom. The summed E-state index contributed by atoms with van der Waals surface area (Å²) in [6, 6.07) is 0. The largest absolute Gasteiger partial charge is 0.330 e. The minimum atomic E-state index is -3.41. The molecule has 0 aromatic carbocycles. The Hall–Kier alpha value is -0.920. The topological polar surface area (TPSA) is 81.2 Å². The van der Waals surface area contributed by atoms with Gasteiger partial charge in [0.2, 0.25) is 10.0 Å². The van der Waals surface area contributed by atoms with Crippen molar-refractivity contribution in [2.45, 2.75) is 51.0 Å². The van der Waals surface area contributed by atoms with Crippen LogP contribution in [0.4, 0.5) is 0 Å². The molecule has 1 aliphatic rings. The first-order valence-corrected chi connectivity index (χ1v) is 9.08. The van der Waals surface area contributed by atoms with Crippen LogP contribution < -0.4 is 5.73 Å². The Kier molecular flexibility index (Phi) is 5.06. The molecule has 0 unspecified atom stereocenters. The monoisotopic (exact) mass is 314 g/mol. The van der Waals surface area contributed by atoms with E-state index in [0.29, 0.717) is 31.1 Å². The first-order chi connectivity index (χ1) is 9.91. The lowest BCUT2D eigenvalue weighted by Gasteiger charge is -2.37. The molecule has 1 aromatic rings. The van der Waals surface area contributed by atoms with Crippen molar-refractivity contribution in [3.8, 4) is 0 Å². The van der Waals surface area contributed by atoms with Crippen molar-refractivity contribution >= 4 is 10.0 Å². The van der Waals surface area contributed by atoms with Crippen LogP contribution in [0.2, 0.25) is 0 Å². The van der Waals surface area contributed by atoms with E-state index < -0.39 is 10.0 Å². The molecule has 2 rings (SSSR count). The van der Waals surface area contributed by atoms with Gasteiger partial charge in [0.05, 0.1) is 6.20 Å². The van der Waals surface area contributed by atoms with Crippen molar-refractivity contribution in [3.05, 3.63) is 12.4 Å². The number of piperidine rings is 1. The second kappa shape index (κ2) is 6.46. The Bertz CT molecular complexity index is 559. The van der Waals surface area contributed by atoms with Gasteiger partial charge in [-0.2, -0.15) is 9.40 Å². The van der Waals surface area contributed by atoms with E-state index in [1.165, 1.54) is 6.20 Å². The van der Waals surface area contributed by atoms with Crippen LogP contribution in [-0.2, 0) is 16.6 Å². The number of rotatable bonds is 6. The summed E-state index contributed by atoms with van der Waals surface area (Å²) >= 11 is 0.